The third kappa shape index (κ3) is 3.88. The van der Waals surface area contributed by atoms with Crippen molar-refractivity contribution in [1.29, 1.82) is 0 Å². The van der Waals surface area contributed by atoms with Crippen LogP contribution in [-0.2, 0) is 0 Å². The molecule has 0 aromatic carbocycles. The third-order valence-corrected chi connectivity index (χ3v) is 3.15. The first kappa shape index (κ1) is 11.3. The van der Waals surface area contributed by atoms with Crippen LogP contribution >= 0.6 is 12.6 Å². The lowest BCUT2D eigenvalue weighted by molar-refractivity contribution is 0.100. The first-order valence-corrected chi connectivity index (χ1v) is 5.97. The molecule has 13 heavy (non-hydrogen) atoms. The Labute approximate surface area is 86.7 Å². The van der Waals surface area contributed by atoms with Crippen LogP contribution in [0.4, 0.5) is 0 Å². The Morgan fingerprint density at radius 3 is 2.46 bits per heavy atom. The SMILES string of the molecule is OCCN(CCCCS)C1CCC1. The Morgan fingerprint density at radius 2 is 2.00 bits per heavy atom. The largest absolute Gasteiger partial charge is 0.395 e. The summed E-state index contributed by atoms with van der Waals surface area (Å²) in [7, 11) is 0. The fraction of sp³-hybridized carbons (Fsp3) is 1.00. The van der Waals surface area contributed by atoms with Crippen LogP contribution in [0.2, 0.25) is 0 Å². The smallest absolute Gasteiger partial charge is 0.0558 e. The maximum absolute atomic E-state index is 8.90. The molecular weight excluding hydrogens is 182 g/mol. The maximum Gasteiger partial charge on any atom is 0.0558 e. The minimum atomic E-state index is 0.303. The fourth-order valence-electron chi connectivity index (χ4n) is 1.78. The Balaban J connectivity index is 2.12. The zero-order valence-electron chi connectivity index (χ0n) is 8.28. The second kappa shape index (κ2) is 6.68. The number of hydrogen-bond acceptors (Lipinski definition) is 3. The van der Waals surface area contributed by atoms with Crippen LogP contribution in [-0.4, -0.2) is 41.5 Å². The molecule has 0 aliphatic heterocycles. The van der Waals surface area contributed by atoms with E-state index in [9.17, 15) is 0 Å². The van der Waals surface area contributed by atoms with Crippen molar-refractivity contribution in [2.45, 2.75) is 38.1 Å². The fourth-order valence-corrected chi connectivity index (χ4v) is 2.01. The molecule has 0 saturated heterocycles. The van der Waals surface area contributed by atoms with Crippen LogP contribution in [0.25, 0.3) is 0 Å². The molecule has 0 spiro atoms. The number of hydrogen-bond donors (Lipinski definition) is 2. The minimum absolute atomic E-state index is 0.303. The molecule has 2 nitrogen and oxygen atoms in total. The highest BCUT2D eigenvalue weighted by molar-refractivity contribution is 7.80. The maximum atomic E-state index is 8.90. The van der Waals surface area contributed by atoms with E-state index in [4.69, 9.17) is 5.11 Å². The first-order chi connectivity index (χ1) is 6.38. The van der Waals surface area contributed by atoms with Gasteiger partial charge in [-0.15, -0.1) is 0 Å². The molecule has 1 aliphatic rings. The standard InChI is InChI=1S/C10H21NOS/c12-8-7-11(6-1-2-9-13)10-4-3-5-10/h10,12-13H,1-9H2. The number of unbranched alkanes of at least 4 members (excludes halogenated alkanes) is 1. The van der Waals surface area contributed by atoms with E-state index in [1.807, 2.05) is 0 Å². The van der Waals surface area contributed by atoms with E-state index in [1.54, 1.807) is 0 Å². The summed E-state index contributed by atoms with van der Waals surface area (Å²) in [6.07, 6.45) is 6.46. The summed E-state index contributed by atoms with van der Waals surface area (Å²) >= 11 is 4.20. The average Bonchev–Trinajstić information content (AvgIpc) is 2.02. The van der Waals surface area contributed by atoms with Crippen LogP contribution in [0.1, 0.15) is 32.1 Å². The number of aliphatic hydroxyl groups excluding tert-OH is 1. The predicted molar refractivity (Wildman–Crippen MR) is 59.4 cm³/mol. The van der Waals surface area contributed by atoms with Gasteiger partial charge in [-0.2, -0.15) is 12.6 Å². The van der Waals surface area contributed by atoms with Gasteiger partial charge in [-0.05, 0) is 38.0 Å². The first-order valence-electron chi connectivity index (χ1n) is 5.34. The molecule has 3 heteroatoms. The van der Waals surface area contributed by atoms with Gasteiger partial charge in [0.2, 0.25) is 0 Å². The average molecular weight is 203 g/mol. The predicted octanol–water partition coefficient (Wildman–Crippen LogP) is 1.54. The van der Waals surface area contributed by atoms with Gasteiger partial charge in [0.1, 0.15) is 0 Å². The molecule has 0 aromatic heterocycles. The van der Waals surface area contributed by atoms with Crippen molar-refractivity contribution in [3.05, 3.63) is 0 Å². The van der Waals surface area contributed by atoms with Crippen LogP contribution in [0.15, 0.2) is 0 Å². The second-order valence-electron chi connectivity index (χ2n) is 3.78. The van der Waals surface area contributed by atoms with Crippen LogP contribution in [0, 0.1) is 0 Å². The molecule has 0 bridgehead atoms. The molecule has 0 amide bonds. The summed E-state index contributed by atoms with van der Waals surface area (Å²) in [5.41, 5.74) is 0. The van der Waals surface area contributed by atoms with Crippen molar-refractivity contribution in [3.8, 4) is 0 Å². The van der Waals surface area contributed by atoms with Gasteiger partial charge in [-0.25, -0.2) is 0 Å². The molecule has 1 rings (SSSR count). The molecule has 1 N–H and O–H groups in total. The quantitative estimate of drug-likeness (QED) is 0.484. The Kier molecular flexibility index (Phi) is 5.83. The molecule has 0 aromatic rings. The van der Waals surface area contributed by atoms with Crippen LogP contribution in [0.3, 0.4) is 0 Å². The lowest BCUT2D eigenvalue weighted by Gasteiger charge is -2.37. The molecule has 1 fully saturated rings. The zero-order chi connectivity index (χ0) is 9.52. The summed E-state index contributed by atoms with van der Waals surface area (Å²) < 4.78 is 0. The van der Waals surface area contributed by atoms with E-state index in [0.29, 0.717) is 6.61 Å². The Bertz CT molecular complexity index is 128. The summed E-state index contributed by atoms with van der Waals surface area (Å²) in [4.78, 5) is 2.44. The van der Waals surface area contributed by atoms with Crippen molar-refractivity contribution in [3.63, 3.8) is 0 Å². The van der Waals surface area contributed by atoms with E-state index in [0.717, 1.165) is 24.9 Å². The number of rotatable bonds is 7. The summed E-state index contributed by atoms with van der Waals surface area (Å²) in [5.74, 6) is 0.984. The topological polar surface area (TPSA) is 23.5 Å². The molecular formula is C10H21NOS. The number of nitrogens with zero attached hydrogens (tertiary/aromatic N) is 1. The van der Waals surface area contributed by atoms with E-state index < -0.39 is 0 Å². The lowest BCUT2D eigenvalue weighted by Crippen LogP contribution is -2.42. The van der Waals surface area contributed by atoms with Gasteiger partial charge in [0.15, 0.2) is 0 Å². The van der Waals surface area contributed by atoms with E-state index in [-0.39, 0.29) is 0 Å². The van der Waals surface area contributed by atoms with Crippen molar-refractivity contribution in [2.75, 3.05) is 25.4 Å². The molecule has 1 aliphatic carbocycles. The van der Waals surface area contributed by atoms with Gasteiger partial charge in [0.05, 0.1) is 6.61 Å². The van der Waals surface area contributed by atoms with Gasteiger partial charge in [-0.3, -0.25) is 4.90 Å². The van der Waals surface area contributed by atoms with Crippen molar-refractivity contribution >= 4 is 12.6 Å². The van der Waals surface area contributed by atoms with Gasteiger partial charge >= 0.3 is 0 Å². The van der Waals surface area contributed by atoms with Gasteiger partial charge < -0.3 is 5.11 Å². The van der Waals surface area contributed by atoms with Gasteiger partial charge in [-0.1, -0.05) is 6.42 Å². The van der Waals surface area contributed by atoms with E-state index in [1.165, 1.54) is 32.1 Å². The van der Waals surface area contributed by atoms with Gasteiger partial charge in [0.25, 0.3) is 0 Å². The third-order valence-electron chi connectivity index (χ3n) is 2.83. The molecule has 0 atom stereocenters. The minimum Gasteiger partial charge on any atom is -0.395 e. The zero-order valence-corrected chi connectivity index (χ0v) is 9.18. The van der Waals surface area contributed by atoms with Crippen LogP contribution in [0.5, 0.6) is 0 Å². The number of thiol groups is 1. The highest BCUT2D eigenvalue weighted by Crippen LogP contribution is 2.24. The van der Waals surface area contributed by atoms with Crippen molar-refractivity contribution < 1.29 is 5.11 Å². The molecule has 1 saturated carbocycles. The monoisotopic (exact) mass is 203 g/mol. The Morgan fingerprint density at radius 1 is 1.23 bits per heavy atom. The van der Waals surface area contributed by atoms with Gasteiger partial charge in [0, 0.05) is 12.6 Å². The normalized spacial score (nSPS) is 17.8. The highest BCUT2D eigenvalue weighted by Gasteiger charge is 2.23. The summed E-state index contributed by atoms with van der Waals surface area (Å²) in [6.45, 7) is 2.31. The molecule has 0 heterocycles. The molecule has 0 unspecified atom stereocenters. The molecule has 78 valence electrons. The second-order valence-corrected chi connectivity index (χ2v) is 4.22. The van der Waals surface area contributed by atoms with Crippen molar-refractivity contribution in [2.24, 2.45) is 0 Å². The highest BCUT2D eigenvalue weighted by atomic mass is 32.1. The van der Waals surface area contributed by atoms with Crippen LogP contribution < -0.4 is 0 Å². The Hall–Kier alpha value is 0.270. The summed E-state index contributed by atoms with van der Waals surface area (Å²) in [6, 6.07) is 0.770. The molecule has 0 radical (unpaired) electrons. The van der Waals surface area contributed by atoms with E-state index >= 15 is 0 Å². The van der Waals surface area contributed by atoms with Crippen molar-refractivity contribution in [1.82, 2.24) is 4.90 Å². The van der Waals surface area contributed by atoms with E-state index in [2.05, 4.69) is 17.5 Å². The lowest BCUT2D eigenvalue weighted by atomic mass is 9.91. The number of aliphatic hydroxyl groups is 1. The summed E-state index contributed by atoms with van der Waals surface area (Å²) in [5, 5.41) is 8.90.